The van der Waals surface area contributed by atoms with Gasteiger partial charge in [-0.25, -0.2) is 0 Å². The Bertz CT molecular complexity index is 334. The van der Waals surface area contributed by atoms with Crippen molar-refractivity contribution in [2.75, 3.05) is 0 Å². The molecule has 2 aliphatic rings. The average Bonchev–Trinajstić information content (AvgIpc) is 2.56. The summed E-state index contributed by atoms with van der Waals surface area (Å²) in [6.45, 7) is 4.71. The second kappa shape index (κ2) is 4.84. The molecule has 0 amide bonds. The molecule has 0 spiro atoms. The number of carbonyl (C=O) groups is 1. The van der Waals surface area contributed by atoms with Crippen LogP contribution >= 0.6 is 0 Å². The summed E-state index contributed by atoms with van der Waals surface area (Å²) in [5.74, 6) is 4.99. The summed E-state index contributed by atoms with van der Waals surface area (Å²) in [5.41, 5.74) is 0.449. The topological polar surface area (TPSA) is 17.1 Å². The van der Waals surface area contributed by atoms with E-state index in [0.29, 0.717) is 23.0 Å². The fourth-order valence-corrected chi connectivity index (χ4v) is 4.09. The van der Waals surface area contributed by atoms with Gasteiger partial charge in [-0.05, 0) is 49.4 Å². The van der Waals surface area contributed by atoms with Gasteiger partial charge < -0.3 is 0 Å². The zero-order valence-corrected chi connectivity index (χ0v) is 11.2. The Kier molecular flexibility index (Phi) is 3.61. The number of carbonyl (C=O) groups excluding carboxylic acids is 1. The third-order valence-corrected chi connectivity index (χ3v) is 4.74. The Hall–Kier alpha value is -0.770. The standard InChI is InChI=1S/C16H24O/c1-4-5-6-7-13-14-11-16(2,3)10-12(14)8-9-15(13)17/h1,12-14H,5-11H2,2-3H3/t12-,13-,14+/m0/s1. The fourth-order valence-electron chi connectivity index (χ4n) is 4.09. The normalized spacial score (nSPS) is 35.4. The van der Waals surface area contributed by atoms with Crippen LogP contribution in [0.5, 0.6) is 0 Å². The number of terminal acetylenes is 1. The molecule has 94 valence electrons. The first-order valence-electron chi connectivity index (χ1n) is 7.00. The van der Waals surface area contributed by atoms with E-state index in [0.717, 1.165) is 38.0 Å². The lowest BCUT2D eigenvalue weighted by Crippen LogP contribution is -2.32. The maximum absolute atomic E-state index is 12.1. The molecule has 0 aromatic heterocycles. The molecule has 3 atom stereocenters. The molecule has 0 N–H and O–H groups in total. The van der Waals surface area contributed by atoms with Crippen LogP contribution in [0.2, 0.25) is 0 Å². The molecule has 2 fully saturated rings. The highest BCUT2D eigenvalue weighted by molar-refractivity contribution is 5.82. The van der Waals surface area contributed by atoms with Gasteiger partial charge in [-0.3, -0.25) is 4.79 Å². The molecule has 1 heteroatoms. The van der Waals surface area contributed by atoms with Gasteiger partial charge in [-0.2, -0.15) is 0 Å². The van der Waals surface area contributed by atoms with Gasteiger partial charge in [0.1, 0.15) is 5.78 Å². The van der Waals surface area contributed by atoms with E-state index < -0.39 is 0 Å². The molecular formula is C16H24O. The molecule has 1 nitrogen and oxygen atoms in total. The first-order chi connectivity index (χ1) is 8.03. The van der Waals surface area contributed by atoms with Gasteiger partial charge in [0.25, 0.3) is 0 Å². The molecule has 0 unspecified atom stereocenters. The van der Waals surface area contributed by atoms with Crippen LogP contribution in [0.15, 0.2) is 0 Å². The van der Waals surface area contributed by atoms with E-state index in [1.807, 2.05) is 0 Å². The summed E-state index contributed by atoms with van der Waals surface area (Å²) in [4.78, 5) is 12.1. The molecule has 0 heterocycles. The zero-order chi connectivity index (χ0) is 12.5. The smallest absolute Gasteiger partial charge is 0.136 e. The van der Waals surface area contributed by atoms with Crippen molar-refractivity contribution < 1.29 is 4.79 Å². The monoisotopic (exact) mass is 232 g/mol. The lowest BCUT2D eigenvalue weighted by atomic mass is 9.71. The van der Waals surface area contributed by atoms with E-state index in [9.17, 15) is 4.79 Å². The Morgan fingerprint density at radius 2 is 2.18 bits per heavy atom. The third kappa shape index (κ3) is 2.73. The number of unbranched alkanes of at least 4 members (excludes halogenated alkanes) is 1. The number of fused-ring (bicyclic) bond motifs is 1. The van der Waals surface area contributed by atoms with Crippen molar-refractivity contribution in [1.82, 2.24) is 0 Å². The van der Waals surface area contributed by atoms with Crippen LogP contribution in [-0.4, -0.2) is 5.78 Å². The molecule has 17 heavy (non-hydrogen) atoms. The summed E-state index contributed by atoms with van der Waals surface area (Å²) in [7, 11) is 0. The lowest BCUT2D eigenvalue weighted by molar-refractivity contribution is -0.128. The fraction of sp³-hybridized carbons (Fsp3) is 0.812. The average molecular weight is 232 g/mol. The van der Waals surface area contributed by atoms with E-state index in [1.165, 1.54) is 12.8 Å². The third-order valence-electron chi connectivity index (χ3n) is 4.74. The Labute approximate surface area is 105 Å². The molecule has 2 aliphatic carbocycles. The van der Waals surface area contributed by atoms with E-state index in [2.05, 4.69) is 19.8 Å². The van der Waals surface area contributed by atoms with E-state index in [4.69, 9.17) is 6.42 Å². The molecule has 0 aliphatic heterocycles. The molecule has 2 saturated carbocycles. The minimum atomic E-state index is 0.323. The first-order valence-corrected chi connectivity index (χ1v) is 7.00. The summed E-state index contributed by atoms with van der Waals surface area (Å²) in [6, 6.07) is 0. The van der Waals surface area contributed by atoms with Crippen LogP contribution in [0.3, 0.4) is 0 Å². The van der Waals surface area contributed by atoms with Crippen molar-refractivity contribution in [3.8, 4) is 12.3 Å². The number of hydrogen-bond donors (Lipinski definition) is 0. The van der Waals surface area contributed by atoms with Crippen LogP contribution in [-0.2, 0) is 4.79 Å². The summed E-state index contributed by atoms with van der Waals surface area (Å²) >= 11 is 0. The van der Waals surface area contributed by atoms with Crippen molar-refractivity contribution in [2.24, 2.45) is 23.2 Å². The molecule has 0 aromatic rings. The minimum Gasteiger partial charge on any atom is -0.299 e. The maximum Gasteiger partial charge on any atom is 0.136 e. The van der Waals surface area contributed by atoms with Crippen molar-refractivity contribution in [2.45, 2.75) is 58.8 Å². The molecule has 0 aromatic carbocycles. The van der Waals surface area contributed by atoms with Crippen LogP contribution in [0.4, 0.5) is 0 Å². The quantitative estimate of drug-likeness (QED) is 0.534. The highest BCUT2D eigenvalue weighted by Gasteiger charge is 2.46. The predicted molar refractivity (Wildman–Crippen MR) is 70.4 cm³/mol. The molecule has 2 rings (SSSR count). The van der Waals surface area contributed by atoms with Crippen molar-refractivity contribution in [3.05, 3.63) is 0 Å². The number of ketones is 1. The summed E-state index contributed by atoms with van der Waals surface area (Å²) in [5, 5.41) is 0. The van der Waals surface area contributed by atoms with Gasteiger partial charge in [0, 0.05) is 18.8 Å². The Morgan fingerprint density at radius 3 is 2.88 bits per heavy atom. The lowest BCUT2D eigenvalue weighted by Gasteiger charge is -2.32. The van der Waals surface area contributed by atoms with Gasteiger partial charge in [0.15, 0.2) is 0 Å². The summed E-state index contributed by atoms with van der Waals surface area (Å²) < 4.78 is 0. The van der Waals surface area contributed by atoms with Crippen LogP contribution in [0, 0.1) is 35.5 Å². The Morgan fingerprint density at radius 1 is 1.41 bits per heavy atom. The van der Waals surface area contributed by atoms with Gasteiger partial charge in [-0.1, -0.05) is 13.8 Å². The van der Waals surface area contributed by atoms with Gasteiger partial charge >= 0.3 is 0 Å². The largest absolute Gasteiger partial charge is 0.299 e. The van der Waals surface area contributed by atoms with Crippen molar-refractivity contribution in [1.29, 1.82) is 0 Å². The van der Waals surface area contributed by atoms with E-state index >= 15 is 0 Å². The van der Waals surface area contributed by atoms with Crippen LogP contribution in [0.25, 0.3) is 0 Å². The Balaban J connectivity index is 2.02. The number of Topliss-reactive ketones (excluding diaryl/α,β-unsaturated/α-hetero) is 1. The van der Waals surface area contributed by atoms with E-state index in [1.54, 1.807) is 0 Å². The van der Waals surface area contributed by atoms with Gasteiger partial charge in [0.05, 0.1) is 0 Å². The van der Waals surface area contributed by atoms with Crippen molar-refractivity contribution in [3.63, 3.8) is 0 Å². The highest BCUT2D eigenvalue weighted by Crippen LogP contribution is 2.53. The van der Waals surface area contributed by atoms with Crippen molar-refractivity contribution >= 4 is 5.78 Å². The van der Waals surface area contributed by atoms with Crippen LogP contribution in [0.1, 0.15) is 58.8 Å². The van der Waals surface area contributed by atoms with E-state index in [-0.39, 0.29) is 0 Å². The predicted octanol–water partition coefficient (Wildman–Crippen LogP) is 3.82. The maximum atomic E-state index is 12.1. The second-order valence-electron chi connectivity index (χ2n) is 6.70. The zero-order valence-electron chi connectivity index (χ0n) is 11.2. The van der Waals surface area contributed by atoms with Crippen LogP contribution < -0.4 is 0 Å². The SMILES string of the molecule is C#CCCC[C@@H]1C(=O)CC[C@H]2CC(C)(C)C[C@H]21. The minimum absolute atomic E-state index is 0.323. The molecule has 0 saturated heterocycles. The molecule has 0 bridgehead atoms. The highest BCUT2D eigenvalue weighted by atomic mass is 16.1. The number of rotatable bonds is 3. The van der Waals surface area contributed by atoms with Gasteiger partial charge in [-0.15, -0.1) is 12.3 Å². The second-order valence-corrected chi connectivity index (χ2v) is 6.70. The molecule has 0 radical (unpaired) electrons. The number of hydrogen-bond acceptors (Lipinski definition) is 1. The summed E-state index contributed by atoms with van der Waals surface area (Å²) in [6.07, 6.45) is 12.7. The van der Waals surface area contributed by atoms with Gasteiger partial charge in [0.2, 0.25) is 0 Å². The molecular weight excluding hydrogens is 208 g/mol. The first kappa shape index (κ1) is 12.7.